The first-order valence-electron chi connectivity index (χ1n) is 29.0. The van der Waals surface area contributed by atoms with Crippen LogP contribution in [0.4, 0.5) is 0 Å². The van der Waals surface area contributed by atoms with Gasteiger partial charge >= 0.3 is 46.1 Å². The van der Waals surface area contributed by atoms with Crippen LogP contribution in [0.3, 0.4) is 0 Å². The summed E-state index contributed by atoms with van der Waals surface area (Å²) in [4.78, 5) is 76.4. The molecule has 7 aliphatic carbocycles. The van der Waals surface area contributed by atoms with Crippen molar-refractivity contribution in [3.63, 3.8) is 0 Å². The van der Waals surface area contributed by atoms with Crippen LogP contribution in [0.2, 0.25) is 50.9 Å². The smallest absolute Gasteiger partial charge is 1.00 e. The van der Waals surface area contributed by atoms with Gasteiger partial charge in [0.15, 0.2) is 40.5 Å². The van der Waals surface area contributed by atoms with Gasteiger partial charge in [-0.25, -0.2) is 0 Å². The molecule has 86 heavy (non-hydrogen) atoms. The second-order valence-corrected chi connectivity index (χ2v) is 35.9. The van der Waals surface area contributed by atoms with Gasteiger partial charge in [-0.05, 0) is 146 Å². The second-order valence-electron chi connectivity index (χ2n) is 24.8. The van der Waals surface area contributed by atoms with Gasteiger partial charge in [-0.1, -0.05) is 152 Å². The van der Waals surface area contributed by atoms with Gasteiger partial charge in [0.1, 0.15) is 0 Å². The van der Waals surface area contributed by atoms with Crippen LogP contribution >= 0.6 is 0 Å². The molecule has 0 fully saturated rings. The molecule has 468 valence electrons. The van der Waals surface area contributed by atoms with Crippen molar-refractivity contribution < 1.29 is 67.5 Å². The Bertz CT molecular complexity index is 2360. The SMILES string of the molecule is C=CC[C@@H]1CC=CC(=O)C1.C=CC[Si](C)(C)C.C=C[C@@H]1CC(=O)C=C(C)C1.C=C[C@@H]1CC(=O)C=CC1(C)C.C=C[C@@H]1CC=CC(=O)C1.C=C[C@@H]1CC=CC(=O)C1C.C=C[C@@]1(C)CC=CC(=O)C1.C[Si](C)(C)[C@@H]1CC=CC(=O)C1.[Br-].[Br-].[CH-]=C.[CH-]=C.[Mg+2].[Mg+2]. The number of carbonyl (C=O) groups is 7. The molecular weight excluding hydrogens is 1250 g/mol. The fourth-order valence-electron chi connectivity index (χ4n) is 9.08. The van der Waals surface area contributed by atoms with Crippen LogP contribution < -0.4 is 34.0 Å². The number of carbonyl (C=O) groups excluding carboxylic acids is 7. The molecule has 0 saturated heterocycles. The minimum absolute atomic E-state index is 0. The Balaban J connectivity index is -0.000000164. The fourth-order valence-corrected chi connectivity index (χ4v) is 11.6. The van der Waals surface area contributed by atoms with E-state index in [1.165, 1.54) is 11.6 Å². The summed E-state index contributed by atoms with van der Waals surface area (Å²) < 4.78 is 0. The van der Waals surface area contributed by atoms with Crippen molar-refractivity contribution in [1.29, 1.82) is 0 Å². The summed E-state index contributed by atoms with van der Waals surface area (Å²) in [6, 6.07) is 1.24. The first kappa shape index (κ1) is 96.1. The van der Waals surface area contributed by atoms with Crippen molar-refractivity contribution in [2.75, 3.05) is 0 Å². The summed E-state index contributed by atoms with van der Waals surface area (Å²) >= 11 is 0. The van der Waals surface area contributed by atoms with Crippen molar-refractivity contribution in [2.24, 2.45) is 46.3 Å². The molecule has 7 nitrogen and oxygen atoms in total. The number of halogens is 2. The standard InChI is InChI=1S/C10H14O.C9H16OSi.4C9H12O.C8H10O.C6H14Si.2C2H3.2BrH.2Mg/c1-4-8-7-9(11)5-6-10(8,2)3;1-11(2,3)9-6-4-5-8(10)7-9;1-3-8-4-7(2)5-9(10)6-8;1-3-9(2)6-4-5-8(10)7-9;1-3-8-5-4-6-9(10)7(8)2;1-2-4-8-5-3-6-9(10)7-8;1-2-7-4-3-5-8(9)6-7;1-5-6-7(2,3)4;2*1-2;;;;/h4-6,8H,1,7H2,2-3H3;4-5,9H,6-7H2,1-3H3;3,5,8H,1,4,6H2,2H3;3-5H,1,6-7H2,2H3;3-4,6-8H,1,5H2,2H3;2-3,6,8H,1,4-5,7H2;2-3,5,7H,1,4,6H2;5H,1,6H2,2-4H3;2*1H,2H2;2*1H;;/q;;;;;;;;2*-1;;;2*+2/p-2/t8-;9-;8-;9-;7?,8-;8-;7-;;;;;;;/m1100111......./s1. The van der Waals surface area contributed by atoms with Crippen LogP contribution in [-0.4, -0.2) is 103 Å². The van der Waals surface area contributed by atoms with E-state index in [-0.39, 0.29) is 132 Å². The normalized spacial score (nSPS) is 24.1. The van der Waals surface area contributed by atoms with E-state index in [2.05, 4.69) is 132 Å². The predicted octanol–water partition coefficient (Wildman–Crippen LogP) is 11.9. The second kappa shape index (κ2) is 53.3. The quantitative estimate of drug-likeness (QED) is 0.121. The molecule has 0 aromatic rings. The molecular formula is C73H108Br2Mg2O7Si2. The van der Waals surface area contributed by atoms with E-state index in [0.29, 0.717) is 73.0 Å². The third-order valence-electron chi connectivity index (χ3n) is 14.6. The molecule has 1 unspecified atom stereocenters. The fraction of sp³-hybridized carbons (Fsp3) is 0.466. The van der Waals surface area contributed by atoms with Crippen LogP contribution in [0, 0.1) is 59.5 Å². The molecule has 0 spiro atoms. The molecule has 0 heterocycles. The van der Waals surface area contributed by atoms with Crippen LogP contribution in [0.25, 0.3) is 0 Å². The number of rotatable bonds is 10. The van der Waals surface area contributed by atoms with Crippen LogP contribution in [0.5, 0.6) is 0 Å². The van der Waals surface area contributed by atoms with E-state index >= 15 is 0 Å². The molecule has 0 aliphatic heterocycles. The first-order chi connectivity index (χ1) is 38.4. The maximum atomic E-state index is 11.1. The van der Waals surface area contributed by atoms with Crippen molar-refractivity contribution in [3.8, 4) is 0 Å². The maximum Gasteiger partial charge on any atom is 2.00 e. The summed E-state index contributed by atoms with van der Waals surface area (Å²) in [6.45, 7) is 64.0. The van der Waals surface area contributed by atoms with E-state index in [0.717, 1.165) is 51.4 Å². The molecule has 0 bridgehead atoms. The molecule has 0 aromatic heterocycles. The topological polar surface area (TPSA) is 119 Å². The average Bonchev–Trinajstić information content (AvgIpc) is 3.43. The van der Waals surface area contributed by atoms with Gasteiger partial charge < -0.3 is 47.1 Å². The molecule has 7 aliphatic rings. The van der Waals surface area contributed by atoms with E-state index in [9.17, 15) is 33.6 Å². The van der Waals surface area contributed by atoms with E-state index in [4.69, 9.17) is 0 Å². The summed E-state index contributed by atoms with van der Waals surface area (Å²) in [6.07, 6.45) is 47.9. The van der Waals surface area contributed by atoms with Crippen LogP contribution in [0.15, 0.2) is 186 Å². The van der Waals surface area contributed by atoms with Crippen molar-refractivity contribution in [2.45, 2.75) is 169 Å². The Kier molecular flexibility index (Phi) is 59.6. The minimum atomic E-state index is -1.07. The van der Waals surface area contributed by atoms with Gasteiger partial charge in [-0.2, -0.15) is 0 Å². The zero-order valence-corrected chi connectivity index (χ0v) is 63.0. The molecule has 13 heteroatoms. The van der Waals surface area contributed by atoms with E-state index < -0.39 is 16.1 Å². The summed E-state index contributed by atoms with van der Waals surface area (Å²) in [5.74, 6) is 3.83. The monoisotopic (exact) mass is 1360 g/mol. The maximum absolute atomic E-state index is 11.1. The van der Waals surface area contributed by atoms with Gasteiger partial charge in [-0.3, -0.25) is 46.7 Å². The third-order valence-corrected chi connectivity index (χ3v) is 19.0. The van der Waals surface area contributed by atoms with Gasteiger partial charge in [0, 0.05) is 60.6 Å². The molecule has 0 N–H and O–H groups in total. The van der Waals surface area contributed by atoms with Gasteiger partial charge in [0.2, 0.25) is 0 Å². The average molecular weight is 1360 g/mol. The van der Waals surface area contributed by atoms with E-state index in [1.807, 2.05) is 92.8 Å². The van der Waals surface area contributed by atoms with E-state index in [1.54, 1.807) is 42.5 Å². The predicted molar refractivity (Wildman–Crippen MR) is 370 cm³/mol. The van der Waals surface area contributed by atoms with Crippen molar-refractivity contribution in [1.82, 2.24) is 0 Å². The zero-order chi connectivity index (χ0) is 63.7. The number of ketones is 7. The Labute approximate surface area is 579 Å². The number of hydrogen-bond donors (Lipinski definition) is 0. The molecule has 0 saturated carbocycles. The van der Waals surface area contributed by atoms with Gasteiger partial charge in [0.05, 0.1) is 0 Å². The Morgan fingerprint density at radius 3 is 1.40 bits per heavy atom. The summed E-state index contributed by atoms with van der Waals surface area (Å²) in [7, 11) is -1.85. The zero-order valence-electron chi connectivity index (χ0n) is 55.0. The Hall–Kier alpha value is -3.54. The van der Waals surface area contributed by atoms with Crippen molar-refractivity contribution in [3.05, 3.63) is 199 Å². The summed E-state index contributed by atoms with van der Waals surface area (Å²) in [5, 5.41) is 0. The molecule has 0 radical (unpaired) electrons. The molecule has 0 amide bonds. The largest absolute Gasteiger partial charge is 2.00 e. The first-order valence-corrected chi connectivity index (χ1v) is 36.3. The van der Waals surface area contributed by atoms with Crippen molar-refractivity contribution >= 4 is 103 Å². The Morgan fingerprint density at radius 2 is 1.03 bits per heavy atom. The number of allylic oxidation sites excluding steroid dienone is 21. The van der Waals surface area contributed by atoms with Crippen LogP contribution in [-0.2, 0) is 33.6 Å². The summed E-state index contributed by atoms with van der Waals surface area (Å²) in [5.41, 5.74) is 1.99. The molecule has 7 rings (SSSR count). The number of hydrogen-bond acceptors (Lipinski definition) is 7. The third kappa shape index (κ3) is 46.6. The molecule has 8 atom stereocenters. The minimum Gasteiger partial charge on any atom is -1.00 e. The Morgan fingerprint density at radius 1 is 0.547 bits per heavy atom. The van der Waals surface area contributed by atoms with Gasteiger partial charge in [-0.15, -0.1) is 46.1 Å². The van der Waals surface area contributed by atoms with Crippen LogP contribution in [0.1, 0.15) is 118 Å². The molecule has 0 aromatic carbocycles. The van der Waals surface area contributed by atoms with Gasteiger partial charge in [0.25, 0.3) is 0 Å².